The fourth-order valence-electron chi connectivity index (χ4n) is 1.64. The summed E-state index contributed by atoms with van der Waals surface area (Å²) in [6.07, 6.45) is 1.70. The van der Waals surface area contributed by atoms with Crippen LogP contribution in [0.25, 0.3) is 11.0 Å². The monoisotopic (exact) mass is 231 g/mol. The molecule has 0 fully saturated rings. The van der Waals surface area contributed by atoms with Gasteiger partial charge in [-0.1, -0.05) is 26.0 Å². The molecule has 0 aliphatic heterocycles. The summed E-state index contributed by atoms with van der Waals surface area (Å²) >= 11 is 0. The Morgan fingerprint density at radius 1 is 1.24 bits per heavy atom. The first-order valence-corrected chi connectivity index (χ1v) is 5.80. The number of nitrogens with one attached hydrogen (secondary N) is 1. The van der Waals surface area contributed by atoms with Gasteiger partial charge in [0.1, 0.15) is 5.82 Å². The zero-order valence-corrected chi connectivity index (χ0v) is 10.1. The molecule has 0 spiro atoms. The van der Waals surface area contributed by atoms with Gasteiger partial charge < -0.3 is 10.4 Å². The summed E-state index contributed by atoms with van der Waals surface area (Å²) in [6, 6.07) is 7.74. The van der Waals surface area contributed by atoms with Gasteiger partial charge in [-0.05, 0) is 18.1 Å². The van der Waals surface area contributed by atoms with Crippen LogP contribution in [0, 0.1) is 5.92 Å². The molecule has 0 unspecified atom stereocenters. The lowest BCUT2D eigenvalue weighted by Crippen LogP contribution is -2.29. The average molecular weight is 231 g/mol. The number of hydrogen-bond donors (Lipinski definition) is 2. The van der Waals surface area contributed by atoms with Gasteiger partial charge in [0.15, 0.2) is 0 Å². The molecule has 1 atom stereocenters. The molecule has 17 heavy (non-hydrogen) atoms. The largest absolute Gasteiger partial charge is 0.394 e. The highest BCUT2D eigenvalue weighted by atomic mass is 16.3. The van der Waals surface area contributed by atoms with Gasteiger partial charge in [0.05, 0.1) is 29.9 Å². The molecule has 2 rings (SSSR count). The van der Waals surface area contributed by atoms with Crippen molar-refractivity contribution in [3.8, 4) is 0 Å². The average Bonchev–Trinajstić information content (AvgIpc) is 2.35. The number of aliphatic hydroxyl groups excluding tert-OH is 1. The van der Waals surface area contributed by atoms with E-state index in [0.29, 0.717) is 11.7 Å². The quantitative estimate of drug-likeness (QED) is 0.845. The summed E-state index contributed by atoms with van der Waals surface area (Å²) in [5, 5.41) is 12.5. The number of aliphatic hydroxyl groups is 1. The molecular formula is C13H17N3O. The molecule has 0 aliphatic carbocycles. The number of para-hydroxylation sites is 2. The highest BCUT2D eigenvalue weighted by Crippen LogP contribution is 2.14. The fourth-order valence-corrected chi connectivity index (χ4v) is 1.64. The van der Waals surface area contributed by atoms with Crippen molar-refractivity contribution in [1.82, 2.24) is 9.97 Å². The third-order valence-corrected chi connectivity index (χ3v) is 2.78. The number of nitrogens with zero attached hydrogens (tertiary/aromatic N) is 2. The first kappa shape index (κ1) is 11.8. The van der Waals surface area contributed by atoms with Crippen LogP contribution in [0.15, 0.2) is 30.5 Å². The Balaban J connectivity index is 2.24. The van der Waals surface area contributed by atoms with E-state index in [0.717, 1.165) is 11.0 Å². The van der Waals surface area contributed by atoms with Crippen LogP contribution in [0.3, 0.4) is 0 Å². The SMILES string of the molecule is CC(C)[C@@H](CO)Nc1cnc2ccccc2n1. The maximum absolute atomic E-state index is 9.26. The van der Waals surface area contributed by atoms with Crippen molar-refractivity contribution in [2.45, 2.75) is 19.9 Å². The number of aromatic nitrogens is 2. The third kappa shape index (κ3) is 2.71. The Labute approximate surface area is 101 Å². The Morgan fingerprint density at radius 2 is 1.94 bits per heavy atom. The van der Waals surface area contributed by atoms with E-state index in [4.69, 9.17) is 0 Å². The zero-order valence-electron chi connectivity index (χ0n) is 10.1. The van der Waals surface area contributed by atoms with Gasteiger partial charge in [0.2, 0.25) is 0 Å². The lowest BCUT2D eigenvalue weighted by Gasteiger charge is -2.20. The van der Waals surface area contributed by atoms with Crippen molar-refractivity contribution in [2.24, 2.45) is 5.92 Å². The van der Waals surface area contributed by atoms with Gasteiger partial charge in [-0.2, -0.15) is 0 Å². The van der Waals surface area contributed by atoms with Crippen LogP contribution in [0.5, 0.6) is 0 Å². The molecule has 2 aromatic rings. The smallest absolute Gasteiger partial charge is 0.145 e. The minimum Gasteiger partial charge on any atom is -0.394 e. The van der Waals surface area contributed by atoms with Gasteiger partial charge >= 0.3 is 0 Å². The van der Waals surface area contributed by atoms with Crippen molar-refractivity contribution < 1.29 is 5.11 Å². The Kier molecular flexibility index (Phi) is 3.54. The molecular weight excluding hydrogens is 214 g/mol. The molecule has 0 aliphatic rings. The molecule has 0 bridgehead atoms. The third-order valence-electron chi connectivity index (χ3n) is 2.78. The molecule has 0 amide bonds. The van der Waals surface area contributed by atoms with Gasteiger partial charge in [-0.25, -0.2) is 4.98 Å². The molecule has 90 valence electrons. The lowest BCUT2D eigenvalue weighted by atomic mass is 10.1. The Morgan fingerprint density at radius 3 is 2.59 bits per heavy atom. The predicted molar refractivity (Wildman–Crippen MR) is 68.9 cm³/mol. The predicted octanol–water partition coefficient (Wildman–Crippen LogP) is 2.06. The number of fused-ring (bicyclic) bond motifs is 1. The van der Waals surface area contributed by atoms with Gasteiger partial charge in [-0.3, -0.25) is 4.98 Å². The van der Waals surface area contributed by atoms with Gasteiger partial charge in [0.25, 0.3) is 0 Å². The molecule has 0 radical (unpaired) electrons. The van der Waals surface area contributed by atoms with E-state index in [1.54, 1.807) is 6.20 Å². The van der Waals surface area contributed by atoms with Crippen molar-refractivity contribution in [2.75, 3.05) is 11.9 Å². The first-order valence-electron chi connectivity index (χ1n) is 5.80. The molecule has 1 aromatic carbocycles. The number of rotatable bonds is 4. The van der Waals surface area contributed by atoms with Crippen molar-refractivity contribution >= 4 is 16.9 Å². The molecule has 4 heteroatoms. The van der Waals surface area contributed by atoms with Gasteiger partial charge in [0, 0.05) is 0 Å². The second kappa shape index (κ2) is 5.10. The van der Waals surface area contributed by atoms with Crippen LogP contribution in [-0.4, -0.2) is 27.7 Å². The second-order valence-electron chi connectivity index (χ2n) is 4.42. The normalized spacial score (nSPS) is 12.9. The van der Waals surface area contributed by atoms with Crippen LogP contribution in [0.1, 0.15) is 13.8 Å². The Bertz CT molecular complexity index is 499. The molecule has 0 saturated heterocycles. The highest BCUT2D eigenvalue weighted by molar-refractivity contribution is 5.75. The van der Waals surface area contributed by atoms with Crippen LogP contribution in [-0.2, 0) is 0 Å². The molecule has 4 nitrogen and oxygen atoms in total. The van der Waals surface area contributed by atoms with Crippen molar-refractivity contribution in [3.05, 3.63) is 30.5 Å². The molecule has 1 aromatic heterocycles. The van der Waals surface area contributed by atoms with E-state index < -0.39 is 0 Å². The molecule has 2 N–H and O–H groups in total. The summed E-state index contributed by atoms with van der Waals surface area (Å²) in [5.74, 6) is 1.05. The van der Waals surface area contributed by atoms with Gasteiger partial charge in [-0.15, -0.1) is 0 Å². The maximum Gasteiger partial charge on any atom is 0.145 e. The van der Waals surface area contributed by atoms with E-state index in [9.17, 15) is 5.11 Å². The summed E-state index contributed by atoms with van der Waals surface area (Å²) in [4.78, 5) is 8.78. The minimum atomic E-state index is 0.00506. The van der Waals surface area contributed by atoms with E-state index in [1.165, 1.54) is 0 Å². The van der Waals surface area contributed by atoms with E-state index >= 15 is 0 Å². The zero-order chi connectivity index (χ0) is 12.3. The van der Waals surface area contributed by atoms with Crippen LogP contribution < -0.4 is 5.32 Å². The van der Waals surface area contributed by atoms with Crippen LogP contribution in [0.2, 0.25) is 0 Å². The van der Waals surface area contributed by atoms with E-state index in [-0.39, 0.29) is 12.6 Å². The fraction of sp³-hybridized carbons (Fsp3) is 0.385. The number of anilines is 1. The summed E-state index contributed by atoms with van der Waals surface area (Å²) in [5.41, 5.74) is 1.74. The van der Waals surface area contributed by atoms with E-state index in [2.05, 4.69) is 29.1 Å². The van der Waals surface area contributed by atoms with Crippen LogP contribution in [0.4, 0.5) is 5.82 Å². The second-order valence-corrected chi connectivity index (χ2v) is 4.42. The summed E-state index contributed by atoms with van der Waals surface area (Å²) in [7, 11) is 0. The standard InChI is InChI=1S/C13H17N3O/c1-9(2)12(8-17)16-13-7-14-10-5-3-4-6-11(10)15-13/h3-7,9,12,17H,8H2,1-2H3,(H,15,16)/t12-/m1/s1. The number of benzene rings is 1. The summed E-state index contributed by atoms with van der Waals surface area (Å²) in [6.45, 7) is 4.21. The first-order chi connectivity index (χ1) is 8.20. The molecule has 0 saturated carbocycles. The minimum absolute atomic E-state index is 0.00506. The summed E-state index contributed by atoms with van der Waals surface area (Å²) < 4.78 is 0. The lowest BCUT2D eigenvalue weighted by molar-refractivity contribution is 0.249. The topological polar surface area (TPSA) is 58.0 Å². The highest BCUT2D eigenvalue weighted by Gasteiger charge is 2.12. The number of hydrogen-bond acceptors (Lipinski definition) is 4. The van der Waals surface area contributed by atoms with Crippen molar-refractivity contribution in [1.29, 1.82) is 0 Å². The maximum atomic E-state index is 9.26. The molecule has 1 heterocycles. The Hall–Kier alpha value is -1.68. The van der Waals surface area contributed by atoms with Crippen molar-refractivity contribution in [3.63, 3.8) is 0 Å². The van der Waals surface area contributed by atoms with Crippen LogP contribution >= 0.6 is 0 Å². The van der Waals surface area contributed by atoms with E-state index in [1.807, 2.05) is 24.3 Å².